The summed E-state index contributed by atoms with van der Waals surface area (Å²) in [6.45, 7) is -0.0443. The van der Waals surface area contributed by atoms with Gasteiger partial charge in [0, 0.05) is 9.26 Å². The molecule has 1 aliphatic rings. The van der Waals surface area contributed by atoms with Crippen molar-refractivity contribution in [3.63, 3.8) is 0 Å². The SMILES string of the molecule is [2H]C1CNC([2H])C(O)C1. The predicted molar refractivity (Wildman–Crippen MR) is 28.1 cm³/mol. The van der Waals surface area contributed by atoms with E-state index in [-0.39, 0.29) is 6.40 Å². The van der Waals surface area contributed by atoms with Gasteiger partial charge in [-0.05, 0) is 19.4 Å². The number of piperidine rings is 1. The van der Waals surface area contributed by atoms with Crippen molar-refractivity contribution >= 4 is 0 Å². The zero-order valence-corrected chi connectivity index (χ0v) is 4.09. The summed E-state index contributed by atoms with van der Waals surface area (Å²) >= 11 is 0. The summed E-state index contributed by atoms with van der Waals surface area (Å²) in [4.78, 5) is 0. The quantitative estimate of drug-likeness (QED) is 0.442. The third kappa shape index (κ3) is 1.45. The van der Waals surface area contributed by atoms with Gasteiger partial charge in [0.2, 0.25) is 0 Å². The van der Waals surface area contributed by atoms with Crippen LogP contribution in [0.4, 0.5) is 0 Å². The fraction of sp³-hybridized carbons (Fsp3) is 1.00. The first-order chi connectivity index (χ1) is 4.20. The number of hydrogen-bond acceptors (Lipinski definition) is 2. The molecule has 1 saturated heterocycles. The number of hydrogen-bond donors (Lipinski definition) is 2. The highest BCUT2D eigenvalue weighted by atomic mass is 16.3. The summed E-state index contributed by atoms with van der Waals surface area (Å²) in [5, 5.41) is 11.7. The molecule has 7 heavy (non-hydrogen) atoms. The van der Waals surface area contributed by atoms with Crippen molar-refractivity contribution in [2.24, 2.45) is 0 Å². The fourth-order valence-corrected chi connectivity index (χ4v) is 0.610. The smallest absolute Gasteiger partial charge is 0.0665 e. The van der Waals surface area contributed by atoms with Crippen LogP contribution in [-0.2, 0) is 0 Å². The second kappa shape index (κ2) is 2.28. The molecule has 1 heterocycles. The van der Waals surface area contributed by atoms with Gasteiger partial charge in [0.15, 0.2) is 0 Å². The molecule has 0 aliphatic carbocycles. The molecule has 0 amide bonds. The summed E-state index contributed by atoms with van der Waals surface area (Å²) in [6.07, 6.45) is -0.455. The molecular weight excluding hydrogens is 90.1 g/mol. The molecule has 2 nitrogen and oxygen atoms in total. The van der Waals surface area contributed by atoms with Crippen molar-refractivity contribution in [2.75, 3.05) is 13.1 Å². The molecule has 0 spiro atoms. The molecule has 0 aromatic carbocycles. The van der Waals surface area contributed by atoms with E-state index < -0.39 is 12.6 Å². The molecule has 2 heteroatoms. The normalized spacial score (nSPS) is 58.1. The second-order valence-electron chi connectivity index (χ2n) is 1.67. The zero-order chi connectivity index (χ0) is 6.85. The molecular formula is C5H11NO. The van der Waals surface area contributed by atoms with Gasteiger partial charge in [0.05, 0.1) is 6.10 Å². The first-order valence-corrected chi connectivity index (χ1v) is 2.46. The Morgan fingerprint density at radius 1 is 1.86 bits per heavy atom. The number of aliphatic hydroxyl groups is 1. The van der Waals surface area contributed by atoms with Crippen LogP contribution < -0.4 is 5.32 Å². The maximum atomic E-state index is 8.98. The van der Waals surface area contributed by atoms with Gasteiger partial charge in [-0.2, -0.15) is 0 Å². The maximum Gasteiger partial charge on any atom is 0.0665 e. The number of β-amino-alcohol motifs (C(OH)–C–C–N with tert-alkyl or cyclic N) is 1. The van der Waals surface area contributed by atoms with Gasteiger partial charge in [-0.1, -0.05) is 0 Å². The van der Waals surface area contributed by atoms with Crippen LogP contribution in [0.5, 0.6) is 0 Å². The highest BCUT2D eigenvalue weighted by Gasteiger charge is 2.06. The summed E-state index contributed by atoms with van der Waals surface area (Å²) < 4.78 is 14.3. The topological polar surface area (TPSA) is 32.3 Å². The molecule has 0 radical (unpaired) electrons. The molecule has 3 unspecified atom stereocenters. The third-order valence-corrected chi connectivity index (χ3v) is 0.981. The Morgan fingerprint density at radius 2 is 2.71 bits per heavy atom. The minimum Gasteiger partial charge on any atom is -0.392 e. The first-order valence-electron chi connectivity index (χ1n) is 3.61. The van der Waals surface area contributed by atoms with Crippen LogP contribution in [0.3, 0.4) is 0 Å². The minimum atomic E-state index is -0.652. The molecule has 3 atom stereocenters. The molecule has 2 N–H and O–H groups in total. The van der Waals surface area contributed by atoms with Gasteiger partial charge in [-0.25, -0.2) is 0 Å². The Kier molecular flexibility index (Phi) is 0.995. The van der Waals surface area contributed by atoms with Crippen molar-refractivity contribution in [3.05, 3.63) is 0 Å². The number of aliphatic hydroxyl groups excluding tert-OH is 1. The largest absolute Gasteiger partial charge is 0.392 e. The standard InChI is InChI=1S/C5H11NO/c7-5-2-1-3-6-4-5/h5-7H,1-4H2/i1D,4D. The van der Waals surface area contributed by atoms with Crippen LogP contribution >= 0.6 is 0 Å². The lowest BCUT2D eigenvalue weighted by atomic mass is 10.1. The van der Waals surface area contributed by atoms with E-state index in [1.54, 1.807) is 0 Å². The third-order valence-electron chi connectivity index (χ3n) is 0.981. The van der Waals surface area contributed by atoms with E-state index in [2.05, 4.69) is 5.32 Å². The summed E-state index contributed by atoms with van der Waals surface area (Å²) in [6, 6.07) is 0. The van der Waals surface area contributed by atoms with E-state index in [9.17, 15) is 0 Å². The highest BCUT2D eigenvalue weighted by Crippen LogP contribution is 1.98. The zero-order valence-electron chi connectivity index (χ0n) is 6.09. The summed E-state index contributed by atoms with van der Waals surface area (Å²) in [7, 11) is 0. The van der Waals surface area contributed by atoms with Gasteiger partial charge in [0.1, 0.15) is 0 Å². The van der Waals surface area contributed by atoms with Crippen molar-refractivity contribution in [3.8, 4) is 0 Å². The Labute approximate surface area is 46.3 Å². The maximum absolute atomic E-state index is 8.98. The summed E-state index contributed by atoms with van der Waals surface area (Å²) in [5.74, 6) is 0. The fourth-order valence-electron chi connectivity index (χ4n) is 0.610. The van der Waals surface area contributed by atoms with Crippen molar-refractivity contribution in [1.82, 2.24) is 5.32 Å². The van der Waals surface area contributed by atoms with E-state index in [0.717, 1.165) is 0 Å². The van der Waals surface area contributed by atoms with Crippen molar-refractivity contribution in [2.45, 2.75) is 18.9 Å². The molecule has 0 bridgehead atoms. The van der Waals surface area contributed by atoms with Crippen LogP contribution in [0, 0.1) is 0 Å². The van der Waals surface area contributed by atoms with Gasteiger partial charge in [0.25, 0.3) is 0 Å². The van der Waals surface area contributed by atoms with Gasteiger partial charge >= 0.3 is 0 Å². The van der Waals surface area contributed by atoms with Crippen LogP contribution in [0.15, 0.2) is 0 Å². The van der Waals surface area contributed by atoms with E-state index >= 15 is 0 Å². The molecule has 0 aromatic heterocycles. The lowest BCUT2D eigenvalue weighted by molar-refractivity contribution is 0.142. The molecule has 1 rings (SSSR count). The average Bonchev–Trinajstić information content (AvgIpc) is 1.80. The lowest BCUT2D eigenvalue weighted by Crippen LogP contribution is -2.33. The first kappa shape index (κ1) is 3.05. The van der Waals surface area contributed by atoms with Crippen molar-refractivity contribution < 1.29 is 7.85 Å². The molecule has 0 aromatic rings. The molecule has 42 valence electrons. The van der Waals surface area contributed by atoms with Crippen LogP contribution in [0.2, 0.25) is 0 Å². The van der Waals surface area contributed by atoms with E-state index in [1.807, 2.05) is 0 Å². The molecule has 1 fully saturated rings. The monoisotopic (exact) mass is 103 g/mol. The number of rotatable bonds is 0. The second-order valence-corrected chi connectivity index (χ2v) is 1.67. The van der Waals surface area contributed by atoms with E-state index in [4.69, 9.17) is 7.85 Å². The van der Waals surface area contributed by atoms with E-state index in [1.165, 1.54) is 0 Å². The van der Waals surface area contributed by atoms with Crippen LogP contribution in [0.25, 0.3) is 0 Å². The predicted octanol–water partition coefficient (Wildman–Crippen LogP) is -0.269. The average molecular weight is 103 g/mol. The Morgan fingerprint density at radius 3 is 3.29 bits per heavy atom. The van der Waals surface area contributed by atoms with Crippen molar-refractivity contribution in [1.29, 1.82) is 0 Å². The van der Waals surface area contributed by atoms with Crippen LogP contribution in [0.1, 0.15) is 15.6 Å². The van der Waals surface area contributed by atoms with E-state index in [0.29, 0.717) is 13.0 Å². The summed E-state index contributed by atoms with van der Waals surface area (Å²) in [5.41, 5.74) is 0. The lowest BCUT2D eigenvalue weighted by Gasteiger charge is -2.16. The Hall–Kier alpha value is -0.0800. The van der Waals surface area contributed by atoms with Gasteiger partial charge < -0.3 is 10.4 Å². The minimum absolute atomic E-state index is 0.235. The van der Waals surface area contributed by atoms with Crippen LogP contribution in [-0.4, -0.2) is 24.3 Å². The Balaban J connectivity index is 2.35. The molecule has 0 saturated carbocycles. The highest BCUT2D eigenvalue weighted by molar-refractivity contribution is 4.65. The van der Waals surface area contributed by atoms with Gasteiger partial charge in [-0.15, -0.1) is 0 Å². The number of nitrogens with one attached hydrogen (secondary N) is 1. The Bertz CT molecular complexity index is 101. The molecule has 1 aliphatic heterocycles. The van der Waals surface area contributed by atoms with Gasteiger partial charge in [-0.3, -0.25) is 0 Å².